The molecule has 3 aliphatic rings. The van der Waals surface area contributed by atoms with Crippen molar-refractivity contribution in [1.82, 2.24) is 14.8 Å². The normalized spacial score (nSPS) is 26.6. The van der Waals surface area contributed by atoms with Gasteiger partial charge in [0.15, 0.2) is 12.1 Å². The summed E-state index contributed by atoms with van der Waals surface area (Å²) in [5.74, 6) is 1.45. The second kappa shape index (κ2) is 7.05. The molecule has 6 nitrogen and oxygen atoms in total. The number of nitrogens with zero attached hydrogens (tertiary/aromatic N) is 3. The summed E-state index contributed by atoms with van der Waals surface area (Å²) >= 11 is 0. The molecule has 1 aromatic rings. The van der Waals surface area contributed by atoms with E-state index in [9.17, 15) is 9.59 Å². The Hall–Kier alpha value is -1.85. The molecule has 26 heavy (non-hydrogen) atoms. The number of piperidine rings is 2. The molecule has 3 heterocycles. The van der Waals surface area contributed by atoms with Gasteiger partial charge in [-0.15, -0.1) is 0 Å². The fraction of sp³-hybridized carbons (Fsp3) is 0.750. The third kappa shape index (κ3) is 3.38. The molecule has 1 spiro atoms. The lowest BCUT2D eigenvalue weighted by molar-refractivity contribution is -0.139. The van der Waals surface area contributed by atoms with Crippen molar-refractivity contribution in [2.75, 3.05) is 26.2 Å². The lowest BCUT2D eigenvalue weighted by Crippen LogP contribution is -2.55. The minimum atomic E-state index is 0.0109. The molecular formula is C20H29N3O3. The summed E-state index contributed by atoms with van der Waals surface area (Å²) in [5, 5.41) is 0. The molecule has 1 aliphatic carbocycles. The van der Waals surface area contributed by atoms with Crippen molar-refractivity contribution in [1.29, 1.82) is 0 Å². The van der Waals surface area contributed by atoms with Gasteiger partial charge in [0.1, 0.15) is 5.76 Å². The molecule has 0 N–H and O–H groups in total. The summed E-state index contributed by atoms with van der Waals surface area (Å²) in [6, 6.07) is 0. The van der Waals surface area contributed by atoms with Crippen LogP contribution in [-0.2, 0) is 4.79 Å². The summed E-state index contributed by atoms with van der Waals surface area (Å²) in [5.41, 5.74) is 0.568. The largest absolute Gasteiger partial charge is 0.447 e. The third-order valence-corrected chi connectivity index (χ3v) is 6.22. The zero-order chi connectivity index (χ0) is 18.1. The molecule has 142 valence electrons. The quantitative estimate of drug-likeness (QED) is 0.810. The van der Waals surface area contributed by atoms with E-state index in [2.05, 4.69) is 11.9 Å². The summed E-state index contributed by atoms with van der Waals surface area (Å²) in [4.78, 5) is 33.6. The highest BCUT2D eigenvalue weighted by Crippen LogP contribution is 2.43. The summed E-state index contributed by atoms with van der Waals surface area (Å²) in [6.07, 6.45) is 9.34. The highest BCUT2D eigenvalue weighted by Gasteiger charge is 2.43. The minimum absolute atomic E-state index is 0.0109. The van der Waals surface area contributed by atoms with Crippen molar-refractivity contribution >= 4 is 11.8 Å². The monoisotopic (exact) mass is 359 g/mol. The number of unbranched alkanes of at least 4 members (excludes halogenated alkanes) is 1. The number of amides is 2. The van der Waals surface area contributed by atoms with Crippen LogP contribution in [0.3, 0.4) is 0 Å². The van der Waals surface area contributed by atoms with Crippen LogP contribution in [0.15, 0.2) is 10.8 Å². The van der Waals surface area contributed by atoms with Gasteiger partial charge in [0.05, 0.1) is 0 Å². The van der Waals surface area contributed by atoms with Gasteiger partial charge in [0.2, 0.25) is 5.91 Å². The van der Waals surface area contributed by atoms with Gasteiger partial charge < -0.3 is 14.2 Å². The lowest BCUT2D eigenvalue weighted by Gasteiger charge is -2.48. The van der Waals surface area contributed by atoms with Crippen molar-refractivity contribution in [2.45, 2.75) is 64.2 Å². The zero-order valence-electron chi connectivity index (χ0n) is 15.7. The first-order valence-electron chi connectivity index (χ1n) is 10.1. The third-order valence-electron chi connectivity index (χ3n) is 6.22. The maximum atomic E-state index is 13.1. The van der Waals surface area contributed by atoms with Crippen LogP contribution in [0.1, 0.15) is 80.5 Å². The van der Waals surface area contributed by atoms with E-state index < -0.39 is 0 Å². The van der Waals surface area contributed by atoms with E-state index in [-0.39, 0.29) is 17.2 Å². The molecule has 2 aliphatic heterocycles. The van der Waals surface area contributed by atoms with Gasteiger partial charge in [0, 0.05) is 43.9 Å². The predicted molar refractivity (Wildman–Crippen MR) is 96.8 cm³/mol. The van der Waals surface area contributed by atoms with Gasteiger partial charge in [-0.25, -0.2) is 4.98 Å². The van der Waals surface area contributed by atoms with Gasteiger partial charge >= 0.3 is 0 Å². The Kier molecular flexibility index (Phi) is 4.76. The Bertz CT molecular complexity index is 682. The van der Waals surface area contributed by atoms with Crippen LogP contribution in [0.4, 0.5) is 0 Å². The molecule has 0 aromatic carbocycles. The van der Waals surface area contributed by atoms with Crippen molar-refractivity contribution < 1.29 is 14.0 Å². The van der Waals surface area contributed by atoms with Crippen molar-refractivity contribution in [3.63, 3.8) is 0 Å². The predicted octanol–water partition coefficient (Wildman–Crippen LogP) is 3.20. The van der Waals surface area contributed by atoms with Gasteiger partial charge in [-0.05, 0) is 38.5 Å². The highest BCUT2D eigenvalue weighted by atomic mass is 16.3. The molecule has 0 bridgehead atoms. The second-order valence-electron chi connectivity index (χ2n) is 8.34. The van der Waals surface area contributed by atoms with Gasteiger partial charge in [-0.1, -0.05) is 13.3 Å². The number of oxazole rings is 1. The van der Waals surface area contributed by atoms with Gasteiger partial charge in [-0.2, -0.15) is 0 Å². The van der Waals surface area contributed by atoms with Crippen LogP contribution in [-0.4, -0.2) is 52.8 Å². The first kappa shape index (κ1) is 17.6. The maximum absolute atomic E-state index is 13.1. The number of likely N-dealkylation sites (tertiary alicyclic amines) is 2. The van der Waals surface area contributed by atoms with Crippen molar-refractivity contribution in [2.24, 2.45) is 5.41 Å². The summed E-state index contributed by atoms with van der Waals surface area (Å²) < 4.78 is 5.50. The van der Waals surface area contributed by atoms with Crippen molar-refractivity contribution in [3.8, 4) is 0 Å². The second-order valence-corrected chi connectivity index (χ2v) is 8.34. The Morgan fingerprint density at radius 1 is 1.35 bits per heavy atom. The Morgan fingerprint density at radius 2 is 2.19 bits per heavy atom. The molecule has 1 saturated carbocycles. The lowest BCUT2D eigenvalue weighted by atomic mass is 9.73. The number of aromatic nitrogens is 1. The van der Waals surface area contributed by atoms with Gasteiger partial charge in [-0.3, -0.25) is 9.59 Å². The molecular weight excluding hydrogens is 330 g/mol. The molecule has 2 amide bonds. The zero-order valence-corrected chi connectivity index (χ0v) is 15.7. The molecule has 0 radical (unpaired) electrons. The van der Waals surface area contributed by atoms with Crippen LogP contribution < -0.4 is 0 Å². The Morgan fingerprint density at radius 3 is 2.96 bits per heavy atom. The molecule has 2 saturated heterocycles. The summed E-state index contributed by atoms with van der Waals surface area (Å²) in [7, 11) is 0. The smallest absolute Gasteiger partial charge is 0.276 e. The average molecular weight is 359 g/mol. The van der Waals surface area contributed by atoms with Crippen LogP contribution >= 0.6 is 0 Å². The SMILES string of the molecule is CCCCN1C[C@@]2(CCCN(C(=O)c3ncoc3C3CC3)C2)CCC1=O. The summed E-state index contributed by atoms with van der Waals surface area (Å²) in [6.45, 7) is 5.31. The van der Waals surface area contributed by atoms with Crippen LogP contribution in [0.25, 0.3) is 0 Å². The maximum Gasteiger partial charge on any atom is 0.276 e. The number of carbonyl (C=O) groups excluding carboxylic acids is 2. The Balaban J connectivity index is 1.47. The van der Waals surface area contributed by atoms with Crippen molar-refractivity contribution in [3.05, 3.63) is 17.8 Å². The molecule has 6 heteroatoms. The number of hydrogen-bond donors (Lipinski definition) is 0. The number of rotatable bonds is 5. The van der Waals surface area contributed by atoms with Crippen LogP contribution in [0.2, 0.25) is 0 Å². The minimum Gasteiger partial charge on any atom is -0.447 e. The first-order valence-corrected chi connectivity index (χ1v) is 10.1. The molecule has 1 aromatic heterocycles. The Labute approximate surface area is 154 Å². The molecule has 4 rings (SSSR count). The fourth-order valence-corrected chi connectivity index (χ4v) is 4.57. The number of carbonyl (C=O) groups is 2. The van der Waals surface area contributed by atoms with E-state index in [4.69, 9.17) is 4.42 Å². The van der Waals surface area contributed by atoms with E-state index in [0.29, 0.717) is 18.0 Å². The topological polar surface area (TPSA) is 66.7 Å². The van der Waals surface area contributed by atoms with E-state index in [1.54, 1.807) is 0 Å². The van der Waals surface area contributed by atoms with E-state index in [1.165, 1.54) is 6.39 Å². The average Bonchev–Trinajstić information content (AvgIpc) is 3.39. The van der Waals surface area contributed by atoms with E-state index in [0.717, 1.165) is 76.9 Å². The highest BCUT2D eigenvalue weighted by molar-refractivity contribution is 5.93. The van der Waals surface area contributed by atoms with Gasteiger partial charge in [0.25, 0.3) is 5.91 Å². The van der Waals surface area contributed by atoms with Crippen LogP contribution in [0, 0.1) is 5.41 Å². The molecule has 3 fully saturated rings. The standard InChI is InChI=1S/C20H29N3O3/c1-2-3-10-22-12-20(9-7-16(22)24)8-4-11-23(13-20)19(25)17-18(15-5-6-15)26-14-21-17/h14-15H,2-13H2,1H3/t20-/m1/s1. The van der Waals surface area contributed by atoms with E-state index >= 15 is 0 Å². The number of hydrogen-bond acceptors (Lipinski definition) is 4. The fourth-order valence-electron chi connectivity index (χ4n) is 4.57. The molecule has 1 atom stereocenters. The van der Waals surface area contributed by atoms with Crippen LogP contribution in [0.5, 0.6) is 0 Å². The van der Waals surface area contributed by atoms with E-state index in [1.807, 2.05) is 9.80 Å². The first-order chi connectivity index (χ1) is 12.6. The molecule has 0 unspecified atom stereocenters.